The Morgan fingerprint density at radius 2 is 1.10 bits per heavy atom. The SMILES string of the molecule is CC(C)(C#N)c1ccc(Br)cc1.Cc1cc(C(C)(C)C#N)ccc1C=O.Cc1cc(C(C)(C)C#N)ccc1CN. The maximum Gasteiger partial charge on any atom is 0.150 e. The Morgan fingerprint density at radius 1 is 0.700 bits per heavy atom. The van der Waals surface area contributed by atoms with E-state index in [0.29, 0.717) is 12.1 Å². The van der Waals surface area contributed by atoms with Gasteiger partial charge in [0, 0.05) is 16.6 Å². The largest absolute Gasteiger partial charge is 0.326 e. The van der Waals surface area contributed by atoms with Gasteiger partial charge in [-0.2, -0.15) is 15.8 Å². The number of carbonyl (C=O) groups is 1. The van der Waals surface area contributed by atoms with E-state index in [0.717, 1.165) is 44.1 Å². The van der Waals surface area contributed by atoms with Crippen LogP contribution >= 0.6 is 15.9 Å². The second kappa shape index (κ2) is 14.6. The van der Waals surface area contributed by atoms with Gasteiger partial charge < -0.3 is 5.73 Å². The molecule has 3 rings (SSSR count). The molecule has 5 nitrogen and oxygen atoms in total. The zero-order chi connectivity index (χ0) is 30.7. The molecule has 0 atom stereocenters. The second-order valence-corrected chi connectivity index (χ2v) is 12.2. The fourth-order valence-electron chi connectivity index (χ4n) is 3.57. The molecular formula is C34H39BrN4O. The summed E-state index contributed by atoms with van der Waals surface area (Å²) in [4.78, 5) is 10.6. The first-order chi connectivity index (χ1) is 18.6. The monoisotopic (exact) mass is 598 g/mol. The molecule has 0 unspecified atom stereocenters. The van der Waals surface area contributed by atoms with Gasteiger partial charge in [0.15, 0.2) is 0 Å². The van der Waals surface area contributed by atoms with Crippen molar-refractivity contribution in [2.75, 3.05) is 0 Å². The lowest BCUT2D eigenvalue weighted by atomic mass is 9.85. The standard InChI is InChI=1S/C12H16N2.C12H13NO.C10H10BrN/c1-9-6-11(12(2,3)8-14)5-4-10(9)7-13;1-9-6-11(12(2,3)8-13)5-4-10(9)7-14;1-10(2,7-12)8-3-5-9(11)6-4-8/h4-6H,7,13H2,1-3H3;4-7H,1-3H3;3-6H,1-2H3. The van der Waals surface area contributed by atoms with E-state index in [-0.39, 0.29) is 5.41 Å². The molecule has 0 saturated heterocycles. The number of hydrogen-bond donors (Lipinski definition) is 1. The number of carbonyl (C=O) groups excluding carboxylic acids is 1. The zero-order valence-electron chi connectivity index (χ0n) is 24.8. The van der Waals surface area contributed by atoms with Gasteiger partial charge in [0.2, 0.25) is 0 Å². The zero-order valence-corrected chi connectivity index (χ0v) is 26.3. The molecule has 3 aromatic rings. The number of aryl methyl sites for hydroxylation is 2. The minimum absolute atomic E-state index is 0.388. The average Bonchev–Trinajstić information content (AvgIpc) is 2.93. The Bertz CT molecular complexity index is 1430. The van der Waals surface area contributed by atoms with Gasteiger partial charge in [-0.15, -0.1) is 0 Å². The first-order valence-corrected chi connectivity index (χ1v) is 13.7. The molecule has 0 bridgehead atoms. The highest BCUT2D eigenvalue weighted by molar-refractivity contribution is 9.10. The van der Waals surface area contributed by atoms with Crippen molar-refractivity contribution in [1.82, 2.24) is 0 Å². The molecule has 0 saturated carbocycles. The smallest absolute Gasteiger partial charge is 0.150 e. The molecule has 0 aliphatic carbocycles. The summed E-state index contributed by atoms with van der Waals surface area (Å²) >= 11 is 3.35. The third kappa shape index (κ3) is 9.46. The van der Waals surface area contributed by atoms with E-state index in [1.54, 1.807) is 6.07 Å². The molecule has 0 amide bonds. The molecule has 0 heterocycles. The predicted molar refractivity (Wildman–Crippen MR) is 166 cm³/mol. The number of hydrogen-bond acceptors (Lipinski definition) is 5. The van der Waals surface area contributed by atoms with Crippen molar-refractivity contribution in [2.24, 2.45) is 5.73 Å². The number of nitrogens with zero attached hydrogens (tertiary/aromatic N) is 3. The van der Waals surface area contributed by atoms with Crippen molar-refractivity contribution in [3.8, 4) is 18.2 Å². The van der Waals surface area contributed by atoms with Gasteiger partial charge in [0.05, 0.1) is 34.5 Å². The summed E-state index contributed by atoms with van der Waals surface area (Å²) in [7, 11) is 0. The van der Waals surface area contributed by atoms with E-state index in [1.807, 2.05) is 110 Å². The van der Waals surface area contributed by atoms with Crippen LogP contribution in [-0.4, -0.2) is 6.29 Å². The molecule has 0 aliphatic heterocycles. The van der Waals surface area contributed by atoms with Crippen LogP contribution in [0.15, 0.2) is 65.1 Å². The van der Waals surface area contributed by atoms with Crippen molar-refractivity contribution in [3.63, 3.8) is 0 Å². The summed E-state index contributed by atoms with van der Waals surface area (Å²) in [5.74, 6) is 0. The number of rotatable bonds is 5. The molecule has 2 N–H and O–H groups in total. The summed E-state index contributed by atoms with van der Waals surface area (Å²) in [5.41, 5.74) is 11.2. The maximum absolute atomic E-state index is 10.6. The fraction of sp³-hybridized carbons (Fsp3) is 0.353. The Kier molecular flexibility index (Phi) is 12.5. The van der Waals surface area contributed by atoms with Gasteiger partial charge in [-0.3, -0.25) is 4.79 Å². The van der Waals surface area contributed by atoms with Gasteiger partial charge in [0.1, 0.15) is 6.29 Å². The Balaban J connectivity index is 0.000000301. The molecule has 0 radical (unpaired) electrons. The van der Waals surface area contributed by atoms with E-state index >= 15 is 0 Å². The first kappa shape index (κ1) is 34.3. The lowest BCUT2D eigenvalue weighted by Crippen LogP contribution is -2.14. The summed E-state index contributed by atoms with van der Waals surface area (Å²) < 4.78 is 1.04. The van der Waals surface area contributed by atoms with Gasteiger partial charge in [0.25, 0.3) is 0 Å². The van der Waals surface area contributed by atoms with Gasteiger partial charge in [-0.05, 0) is 101 Å². The van der Waals surface area contributed by atoms with Gasteiger partial charge in [-0.25, -0.2) is 0 Å². The van der Waals surface area contributed by atoms with Crippen molar-refractivity contribution >= 4 is 22.2 Å². The van der Waals surface area contributed by atoms with Crippen LogP contribution in [0.5, 0.6) is 0 Å². The van der Waals surface area contributed by atoms with E-state index in [4.69, 9.17) is 21.5 Å². The highest BCUT2D eigenvalue weighted by atomic mass is 79.9. The van der Waals surface area contributed by atoms with Crippen LogP contribution in [0.1, 0.15) is 85.3 Å². The molecule has 0 fully saturated rings. The van der Waals surface area contributed by atoms with Crippen molar-refractivity contribution in [1.29, 1.82) is 15.8 Å². The molecular weight excluding hydrogens is 560 g/mol. The lowest BCUT2D eigenvalue weighted by Gasteiger charge is -2.17. The van der Waals surface area contributed by atoms with Crippen LogP contribution in [-0.2, 0) is 22.8 Å². The molecule has 40 heavy (non-hydrogen) atoms. The van der Waals surface area contributed by atoms with Crippen molar-refractivity contribution < 1.29 is 4.79 Å². The molecule has 6 heteroatoms. The fourth-order valence-corrected chi connectivity index (χ4v) is 3.83. The molecule has 3 aromatic carbocycles. The van der Waals surface area contributed by atoms with Crippen molar-refractivity contribution in [2.45, 2.75) is 78.2 Å². The number of halogens is 1. The normalized spacial score (nSPS) is 10.9. The second-order valence-electron chi connectivity index (χ2n) is 11.3. The highest BCUT2D eigenvalue weighted by Crippen LogP contribution is 2.25. The number of nitriles is 3. The predicted octanol–water partition coefficient (Wildman–Crippen LogP) is 8.11. The third-order valence-electron chi connectivity index (χ3n) is 6.81. The Morgan fingerprint density at radius 3 is 1.48 bits per heavy atom. The summed E-state index contributed by atoms with van der Waals surface area (Å²) in [6.07, 6.45) is 0.832. The average molecular weight is 600 g/mol. The molecule has 0 aromatic heterocycles. The van der Waals surface area contributed by atoms with Crippen LogP contribution in [0.2, 0.25) is 0 Å². The van der Waals surface area contributed by atoms with Crippen LogP contribution in [0.25, 0.3) is 0 Å². The van der Waals surface area contributed by atoms with Gasteiger partial charge >= 0.3 is 0 Å². The highest BCUT2D eigenvalue weighted by Gasteiger charge is 2.21. The van der Waals surface area contributed by atoms with E-state index in [9.17, 15) is 4.79 Å². The number of benzene rings is 3. The number of nitrogens with two attached hydrogens (primary N) is 1. The van der Waals surface area contributed by atoms with Crippen LogP contribution in [0, 0.1) is 47.8 Å². The summed E-state index contributed by atoms with van der Waals surface area (Å²) in [6.45, 7) is 15.9. The van der Waals surface area contributed by atoms with Crippen LogP contribution in [0.4, 0.5) is 0 Å². The van der Waals surface area contributed by atoms with E-state index < -0.39 is 10.8 Å². The number of aldehydes is 1. The maximum atomic E-state index is 10.6. The third-order valence-corrected chi connectivity index (χ3v) is 7.34. The van der Waals surface area contributed by atoms with E-state index in [2.05, 4.69) is 34.1 Å². The molecule has 208 valence electrons. The van der Waals surface area contributed by atoms with Crippen LogP contribution in [0.3, 0.4) is 0 Å². The van der Waals surface area contributed by atoms with Crippen molar-refractivity contribution in [3.05, 3.63) is 104 Å². The summed E-state index contributed by atoms with van der Waals surface area (Å²) in [6, 6.07) is 26.1. The minimum atomic E-state index is -0.494. The minimum Gasteiger partial charge on any atom is -0.326 e. The summed E-state index contributed by atoms with van der Waals surface area (Å²) in [5, 5.41) is 26.8. The van der Waals surface area contributed by atoms with E-state index in [1.165, 1.54) is 0 Å². The molecule has 0 spiro atoms. The first-order valence-electron chi connectivity index (χ1n) is 12.9. The van der Waals surface area contributed by atoms with Gasteiger partial charge in [-0.1, -0.05) is 64.5 Å². The Hall–Kier alpha value is -3.76. The lowest BCUT2D eigenvalue weighted by molar-refractivity contribution is 0.112. The topological polar surface area (TPSA) is 114 Å². The Labute approximate surface area is 248 Å². The quantitative estimate of drug-likeness (QED) is 0.298. The van der Waals surface area contributed by atoms with Crippen LogP contribution < -0.4 is 5.73 Å². The molecule has 0 aliphatic rings.